The maximum absolute atomic E-state index is 12.2. The number of hydrogen-bond acceptors (Lipinski definition) is 3. The lowest BCUT2D eigenvalue weighted by atomic mass is 9.96. The molecular formula is C15H18N4O. The Labute approximate surface area is 118 Å². The normalized spacial score (nSPS) is 16.0. The lowest BCUT2D eigenvalue weighted by Gasteiger charge is -2.22. The van der Waals surface area contributed by atoms with Gasteiger partial charge >= 0.3 is 6.03 Å². The lowest BCUT2D eigenvalue weighted by Crippen LogP contribution is -2.38. The van der Waals surface area contributed by atoms with Crippen molar-refractivity contribution in [2.24, 2.45) is 0 Å². The number of aromatic nitrogens is 3. The van der Waals surface area contributed by atoms with Gasteiger partial charge in [-0.2, -0.15) is 0 Å². The van der Waals surface area contributed by atoms with Crippen molar-refractivity contribution in [1.82, 2.24) is 19.9 Å². The molecule has 104 valence electrons. The van der Waals surface area contributed by atoms with Crippen LogP contribution in [-0.2, 0) is 0 Å². The van der Waals surface area contributed by atoms with Crippen LogP contribution in [0.15, 0.2) is 37.1 Å². The summed E-state index contributed by atoms with van der Waals surface area (Å²) in [4.78, 5) is 20.5. The number of rotatable bonds is 2. The largest absolute Gasteiger partial charge is 0.335 e. The third-order valence-electron chi connectivity index (χ3n) is 3.71. The van der Waals surface area contributed by atoms with Gasteiger partial charge in [-0.25, -0.2) is 9.78 Å². The Morgan fingerprint density at radius 1 is 1.30 bits per heavy atom. The molecule has 0 aromatic carbocycles. The van der Waals surface area contributed by atoms with Crippen LogP contribution >= 0.6 is 0 Å². The predicted octanol–water partition coefficient (Wildman–Crippen LogP) is 2.84. The van der Waals surface area contributed by atoms with Crippen LogP contribution in [0, 0.1) is 0 Å². The summed E-state index contributed by atoms with van der Waals surface area (Å²) in [6.45, 7) is 0. The summed E-state index contributed by atoms with van der Waals surface area (Å²) < 4.78 is 1.51. The van der Waals surface area contributed by atoms with Crippen LogP contribution in [0.3, 0.4) is 0 Å². The number of amides is 1. The molecule has 3 rings (SSSR count). The molecule has 1 N–H and O–H groups in total. The van der Waals surface area contributed by atoms with Gasteiger partial charge in [-0.15, -0.1) is 0 Å². The molecule has 5 nitrogen and oxygen atoms in total. The van der Waals surface area contributed by atoms with Gasteiger partial charge in [0.2, 0.25) is 0 Å². The second-order valence-electron chi connectivity index (χ2n) is 5.19. The smallest absolute Gasteiger partial charge is 0.327 e. The maximum atomic E-state index is 12.2. The zero-order valence-electron chi connectivity index (χ0n) is 11.3. The zero-order chi connectivity index (χ0) is 13.8. The first-order valence-corrected chi connectivity index (χ1v) is 7.08. The van der Waals surface area contributed by atoms with E-state index in [0.29, 0.717) is 6.04 Å². The monoisotopic (exact) mass is 270 g/mol. The van der Waals surface area contributed by atoms with E-state index in [9.17, 15) is 4.79 Å². The number of carbonyl (C=O) groups excluding carboxylic acids is 1. The van der Waals surface area contributed by atoms with Crippen molar-refractivity contribution in [2.45, 2.75) is 38.1 Å². The van der Waals surface area contributed by atoms with E-state index in [4.69, 9.17) is 0 Å². The topological polar surface area (TPSA) is 59.8 Å². The van der Waals surface area contributed by atoms with E-state index in [1.165, 1.54) is 23.8 Å². The molecule has 0 bridgehead atoms. The van der Waals surface area contributed by atoms with Gasteiger partial charge in [0.1, 0.15) is 6.33 Å². The zero-order valence-corrected chi connectivity index (χ0v) is 11.3. The highest BCUT2D eigenvalue weighted by molar-refractivity contribution is 5.78. The molecule has 0 spiro atoms. The van der Waals surface area contributed by atoms with Gasteiger partial charge in [0, 0.05) is 30.2 Å². The van der Waals surface area contributed by atoms with E-state index in [0.717, 1.165) is 24.1 Å². The Bertz CT molecular complexity index is 573. The van der Waals surface area contributed by atoms with Gasteiger partial charge in [-0.1, -0.05) is 19.3 Å². The summed E-state index contributed by atoms with van der Waals surface area (Å²) >= 11 is 0. The fourth-order valence-corrected chi connectivity index (χ4v) is 2.59. The summed E-state index contributed by atoms with van der Waals surface area (Å²) in [7, 11) is 0. The quantitative estimate of drug-likeness (QED) is 0.912. The molecule has 1 amide bonds. The molecule has 0 atom stereocenters. The number of pyridine rings is 1. The third-order valence-corrected chi connectivity index (χ3v) is 3.71. The molecule has 0 radical (unpaired) electrons. The third kappa shape index (κ3) is 2.87. The summed E-state index contributed by atoms with van der Waals surface area (Å²) in [5, 5.41) is 3.07. The van der Waals surface area contributed by atoms with E-state index in [2.05, 4.69) is 15.3 Å². The van der Waals surface area contributed by atoms with Crippen LogP contribution < -0.4 is 5.32 Å². The minimum Gasteiger partial charge on any atom is -0.335 e. The summed E-state index contributed by atoms with van der Waals surface area (Å²) in [5.74, 6) is 0. The Balaban J connectivity index is 1.68. The molecule has 0 unspecified atom stereocenters. The average Bonchev–Trinajstić information content (AvgIpc) is 2.99. The molecule has 0 saturated heterocycles. The van der Waals surface area contributed by atoms with Crippen molar-refractivity contribution in [3.8, 4) is 11.3 Å². The first-order chi connectivity index (χ1) is 9.83. The Kier molecular flexibility index (Phi) is 3.76. The standard InChI is InChI=1S/C15H18N4O/c20-15(18-13-6-2-1-3-7-13)19-10-14(17-11-19)12-5-4-8-16-9-12/h4-5,8-11,13H,1-3,6-7H2,(H,18,20). The van der Waals surface area contributed by atoms with Gasteiger partial charge in [0.15, 0.2) is 0 Å². The van der Waals surface area contributed by atoms with Gasteiger partial charge < -0.3 is 5.32 Å². The minimum absolute atomic E-state index is 0.0976. The van der Waals surface area contributed by atoms with Crippen molar-refractivity contribution in [3.63, 3.8) is 0 Å². The lowest BCUT2D eigenvalue weighted by molar-refractivity contribution is 0.234. The molecule has 5 heteroatoms. The van der Waals surface area contributed by atoms with Gasteiger partial charge in [0.25, 0.3) is 0 Å². The second kappa shape index (κ2) is 5.86. The maximum Gasteiger partial charge on any atom is 0.327 e. The molecule has 1 aliphatic carbocycles. The first kappa shape index (κ1) is 12.8. The van der Waals surface area contributed by atoms with Gasteiger partial charge in [0.05, 0.1) is 5.69 Å². The van der Waals surface area contributed by atoms with E-state index >= 15 is 0 Å². The van der Waals surface area contributed by atoms with E-state index in [1.54, 1.807) is 24.9 Å². The minimum atomic E-state index is -0.0976. The van der Waals surface area contributed by atoms with Gasteiger partial charge in [-0.3, -0.25) is 9.55 Å². The number of nitrogens with one attached hydrogen (secondary N) is 1. The fraction of sp³-hybridized carbons (Fsp3) is 0.400. The van der Waals surface area contributed by atoms with Crippen molar-refractivity contribution < 1.29 is 4.79 Å². The Hall–Kier alpha value is -2.17. The van der Waals surface area contributed by atoms with Gasteiger partial charge in [-0.05, 0) is 25.0 Å². The fourth-order valence-electron chi connectivity index (χ4n) is 2.59. The summed E-state index contributed by atoms with van der Waals surface area (Å²) in [6, 6.07) is 4.00. The van der Waals surface area contributed by atoms with Crippen molar-refractivity contribution in [3.05, 3.63) is 37.1 Å². The highest BCUT2D eigenvalue weighted by Crippen LogP contribution is 2.18. The molecule has 1 saturated carbocycles. The summed E-state index contributed by atoms with van der Waals surface area (Å²) in [6.07, 6.45) is 12.6. The number of hydrogen-bond donors (Lipinski definition) is 1. The first-order valence-electron chi connectivity index (χ1n) is 7.08. The highest BCUT2D eigenvalue weighted by atomic mass is 16.2. The second-order valence-corrected chi connectivity index (χ2v) is 5.19. The molecule has 2 aromatic rings. The highest BCUT2D eigenvalue weighted by Gasteiger charge is 2.16. The predicted molar refractivity (Wildman–Crippen MR) is 76.3 cm³/mol. The van der Waals surface area contributed by atoms with Crippen LogP contribution in [0.25, 0.3) is 11.3 Å². The average molecular weight is 270 g/mol. The van der Waals surface area contributed by atoms with Crippen molar-refractivity contribution in [1.29, 1.82) is 0 Å². The number of nitrogens with zero attached hydrogens (tertiary/aromatic N) is 3. The van der Waals surface area contributed by atoms with E-state index < -0.39 is 0 Å². The van der Waals surface area contributed by atoms with Crippen LogP contribution in [0.2, 0.25) is 0 Å². The number of carbonyl (C=O) groups is 1. The van der Waals surface area contributed by atoms with Crippen LogP contribution in [0.5, 0.6) is 0 Å². The molecule has 2 aromatic heterocycles. The molecule has 1 fully saturated rings. The molecule has 20 heavy (non-hydrogen) atoms. The Morgan fingerprint density at radius 3 is 2.90 bits per heavy atom. The number of imidazole rings is 1. The van der Waals surface area contributed by atoms with Crippen LogP contribution in [-0.4, -0.2) is 26.6 Å². The van der Waals surface area contributed by atoms with Crippen LogP contribution in [0.1, 0.15) is 32.1 Å². The van der Waals surface area contributed by atoms with Crippen molar-refractivity contribution >= 4 is 6.03 Å². The summed E-state index contributed by atoms with van der Waals surface area (Å²) in [5.41, 5.74) is 1.67. The molecule has 1 aliphatic rings. The molecule has 2 heterocycles. The Morgan fingerprint density at radius 2 is 2.15 bits per heavy atom. The molecule has 0 aliphatic heterocycles. The van der Waals surface area contributed by atoms with E-state index in [-0.39, 0.29) is 6.03 Å². The van der Waals surface area contributed by atoms with Crippen molar-refractivity contribution in [2.75, 3.05) is 0 Å². The SMILES string of the molecule is O=C(NC1CCCCC1)n1cnc(-c2cccnc2)c1. The van der Waals surface area contributed by atoms with E-state index in [1.807, 2.05) is 12.1 Å². The molecular weight excluding hydrogens is 252 g/mol. The van der Waals surface area contributed by atoms with Crippen LogP contribution in [0.4, 0.5) is 4.79 Å².